The second-order valence-corrected chi connectivity index (χ2v) is 4.42. The van der Waals surface area contributed by atoms with Crippen LogP contribution < -0.4 is 9.47 Å². The predicted molar refractivity (Wildman–Crippen MR) is 62.3 cm³/mol. The number of hydrogen-bond donors (Lipinski definition) is 0. The van der Waals surface area contributed by atoms with E-state index in [0.717, 1.165) is 0 Å². The highest BCUT2D eigenvalue weighted by Crippen LogP contribution is 2.26. The van der Waals surface area contributed by atoms with Crippen LogP contribution in [0, 0.1) is 0 Å². The monoisotopic (exact) mass is 272 g/mol. The molecule has 0 amide bonds. The van der Waals surface area contributed by atoms with Crippen molar-refractivity contribution in [1.82, 2.24) is 0 Å². The first-order valence-corrected chi connectivity index (χ1v) is 5.42. The number of methoxy groups -OCH3 is 2. The summed E-state index contributed by atoms with van der Waals surface area (Å²) in [5.74, 6) is 1.20. The molecule has 0 spiro atoms. The molecule has 0 aromatic heterocycles. The second-order valence-electron chi connectivity index (χ2n) is 3.05. The third-order valence-corrected chi connectivity index (χ3v) is 2.45. The van der Waals surface area contributed by atoms with Crippen LogP contribution in [0.25, 0.3) is 0 Å². The summed E-state index contributed by atoms with van der Waals surface area (Å²) in [6, 6.07) is 5.14. The second kappa shape index (κ2) is 5.16. The van der Waals surface area contributed by atoms with Crippen molar-refractivity contribution in [3.05, 3.63) is 23.8 Å². The van der Waals surface area contributed by atoms with Gasteiger partial charge in [0.15, 0.2) is 5.78 Å². The van der Waals surface area contributed by atoms with Crippen LogP contribution in [0.4, 0.5) is 0 Å². The lowest BCUT2D eigenvalue weighted by molar-refractivity contribution is 0.0993. The molecular formula is C11H13BrO3. The van der Waals surface area contributed by atoms with Crippen LogP contribution in [-0.4, -0.2) is 24.8 Å². The molecule has 1 aromatic rings. The molecule has 0 unspecified atom stereocenters. The van der Waals surface area contributed by atoms with Crippen molar-refractivity contribution in [2.24, 2.45) is 0 Å². The highest BCUT2D eigenvalue weighted by atomic mass is 79.9. The molecule has 0 bridgehead atoms. The van der Waals surface area contributed by atoms with Crippen LogP contribution in [0.1, 0.15) is 17.3 Å². The maximum atomic E-state index is 11.8. The molecule has 0 radical (unpaired) electrons. The van der Waals surface area contributed by atoms with E-state index in [1.54, 1.807) is 32.2 Å². The molecule has 0 aliphatic rings. The average Bonchev–Trinajstić information content (AvgIpc) is 2.27. The van der Waals surface area contributed by atoms with Gasteiger partial charge < -0.3 is 9.47 Å². The molecule has 1 aromatic carbocycles. The van der Waals surface area contributed by atoms with E-state index in [9.17, 15) is 4.79 Å². The number of ether oxygens (including phenoxy) is 2. The zero-order valence-electron chi connectivity index (χ0n) is 8.91. The van der Waals surface area contributed by atoms with Gasteiger partial charge in [-0.05, 0) is 19.1 Å². The topological polar surface area (TPSA) is 35.5 Å². The van der Waals surface area contributed by atoms with E-state index in [-0.39, 0.29) is 10.6 Å². The Kier molecular flexibility index (Phi) is 4.15. The van der Waals surface area contributed by atoms with Crippen molar-refractivity contribution in [3.8, 4) is 11.5 Å². The van der Waals surface area contributed by atoms with Gasteiger partial charge in [-0.3, -0.25) is 4.79 Å². The Morgan fingerprint density at radius 1 is 1.33 bits per heavy atom. The summed E-state index contributed by atoms with van der Waals surface area (Å²) in [5.41, 5.74) is 0.558. The number of Topliss-reactive ketones (excluding diaryl/α,β-unsaturated/α-hetero) is 1. The minimum absolute atomic E-state index is 0.00509. The summed E-state index contributed by atoms with van der Waals surface area (Å²) in [5, 5.41) is 0. The number of carbonyl (C=O) groups excluding carboxylic acids is 1. The van der Waals surface area contributed by atoms with E-state index in [1.165, 1.54) is 7.11 Å². The van der Waals surface area contributed by atoms with Crippen molar-refractivity contribution in [3.63, 3.8) is 0 Å². The van der Waals surface area contributed by atoms with Gasteiger partial charge in [0.2, 0.25) is 0 Å². The Morgan fingerprint density at radius 3 is 2.47 bits per heavy atom. The molecule has 0 fully saturated rings. The average molecular weight is 273 g/mol. The third kappa shape index (κ3) is 2.72. The summed E-state index contributed by atoms with van der Waals surface area (Å²) in [6.07, 6.45) is 0. The van der Waals surface area contributed by atoms with Gasteiger partial charge in [0.25, 0.3) is 0 Å². The molecule has 1 rings (SSSR count). The Balaban J connectivity index is 3.13. The van der Waals surface area contributed by atoms with Crippen molar-refractivity contribution >= 4 is 21.7 Å². The Labute approximate surface area is 97.5 Å². The van der Waals surface area contributed by atoms with Crippen molar-refractivity contribution < 1.29 is 14.3 Å². The molecule has 0 heterocycles. The number of rotatable bonds is 4. The highest BCUT2D eigenvalue weighted by Gasteiger charge is 2.17. The lowest BCUT2D eigenvalue weighted by Crippen LogP contribution is -2.11. The normalized spacial score (nSPS) is 12.0. The maximum absolute atomic E-state index is 11.8. The van der Waals surface area contributed by atoms with E-state index in [4.69, 9.17) is 9.47 Å². The van der Waals surface area contributed by atoms with Gasteiger partial charge in [-0.2, -0.15) is 0 Å². The Bertz CT molecular complexity index is 361. The summed E-state index contributed by atoms with van der Waals surface area (Å²) in [7, 11) is 3.10. The molecular weight excluding hydrogens is 260 g/mol. The Morgan fingerprint density at radius 2 is 2.00 bits per heavy atom. The standard InChI is InChI=1S/C11H13BrO3/c1-7(12)11(13)9-5-4-8(14-2)6-10(9)15-3/h4-7H,1-3H3/t7-/m1/s1. The zero-order chi connectivity index (χ0) is 11.4. The molecule has 0 saturated carbocycles. The predicted octanol–water partition coefficient (Wildman–Crippen LogP) is 2.67. The van der Waals surface area contributed by atoms with Gasteiger partial charge in [-0.15, -0.1) is 0 Å². The molecule has 0 saturated heterocycles. The molecule has 0 aliphatic carbocycles. The third-order valence-electron chi connectivity index (χ3n) is 2.04. The summed E-state index contributed by atoms with van der Waals surface area (Å²) < 4.78 is 10.2. The first-order valence-electron chi connectivity index (χ1n) is 4.50. The number of hydrogen-bond acceptors (Lipinski definition) is 3. The van der Waals surface area contributed by atoms with Gasteiger partial charge in [-0.25, -0.2) is 0 Å². The van der Waals surface area contributed by atoms with Crippen LogP contribution >= 0.6 is 15.9 Å². The van der Waals surface area contributed by atoms with Crippen molar-refractivity contribution in [1.29, 1.82) is 0 Å². The van der Waals surface area contributed by atoms with Crippen LogP contribution in [0.15, 0.2) is 18.2 Å². The SMILES string of the molecule is COc1ccc(C(=O)[C@@H](C)Br)c(OC)c1. The van der Waals surface area contributed by atoms with E-state index in [1.807, 2.05) is 0 Å². The number of ketones is 1. The van der Waals surface area contributed by atoms with Gasteiger partial charge in [0.05, 0.1) is 24.6 Å². The molecule has 1 atom stereocenters. The first kappa shape index (κ1) is 12.0. The fourth-order valence-corrected chi connectivity index (χ4v) is 1.46. The summed E-state index contributed by atoms with van der Waals surface area (Å²) in [4.78, 5) is 11.5. The maximum Gasteiger partial charge on any atom is 0.179 e. The molecule has 0 N–H and O–H groups in total. The van der Waals surface area contributed by atoms with Crippen LogP contribution in [0.2, 0.25) is 0 Å². The van der Waals surface area contributed by atoms with Gasteiger partial charge in [0, 0.05) is 6.07 Å². The highest BCUT2D eigenvalue weighted by molar-refractivity contribution is 9.10. The van der Waals surface area contributed by atoms with E-state index < -0.39 is 0 Å². The lowest BCUT2D eigenvalue weighted by atomic mass is 10.1. The fraction of sp³-hybridized carbons (Fsp3) is 0.364. The van der Waals surface area contributed by atoms with Crippen molar-refractivity contribution in [2.45, 2.75) is 11.8 Å². The number of alkyl halides is 1. The lowest BCUT2D eigenvalue weighted by Gasteiger charge is -2.10. The quantitative estimate of drug-likeness (QED) is 0.625. The van der Waals surface area contributed by atoms with Crippen LogP contribution in [0.3, 0.4) is 0 Å². The van der Waals surface area contributed by atoms with Gasteiger partial charge >= 0.3 is 0 Å². The molecule has 4 heteroatoms. The zero-order valence-corrected chi connectivity index (χ0v) is 10.5. The molecule has 3 nitrogen and oxygen atoms in total. The van der Waals surface area contributed by atoms with Gasteiger partial charge in [0.1, 0.15) is 11.5 Å². The fourth-order valence-electron chi connectivity index (χ4n) is 1.22. The Hall–Kier alpha value is -1.03. The number of benzene rings is 1. The molecule has 15 heavy (non-hydrogen) atoms. The molecule has 0 aliphatic heterocycles. The minimum atomic E-state index is -0.222. The summed E-state index contributed by atoms with van der Waals surface area (Å²) in [6.45, 7) is 1.78. The molecule has 82 valence electrons. The van der Waals surface area contributed by atoms with Crippen LogP contribution in [0.5, 0.6) is 11.5 Å². The largest absolute Gasteiger partial charge is 0.497 e. The van der Waals surface area contributed by atoms with E-state index in [2.05, 4.69) is 15.9 Å². The number of carbonyl (C=O) groups is 1. The minimum Gasteiger partial charge on any atom is -0.497 e. The van der Waals surface area contributed by atoms with E-state index >= 15 is 0 Å². The van der Waals surface area contributed by atoms with E-state index in [0.29, 0.717) is 17.1 Å². The van der Waals surface area contributed by atoms with Crippen LogP contribution in [-0.2, 0) is 0 Å². The smallest absolute Gasteiger partial charge is 0.179 e. The first-order chi connectivity index (χ1) is 7.10. The van der Waals surface area contributed by atoms with Crippen molar-refractivity contribution in [2.75, 3.05) is 14.2 Å². The van der Waals surface area contributed by atoms with Gasteiger partial charge in [-0.1, -0.05) is 15.9 Å². The number of halogens is 1. The summed E-state index contributed by atoms with van der Waals surface area (Å²) >= 11 is 3.24.